The minimum Gasteiger partial charge on any atom is -0.445 e. The van der Waals surface area contributed by atoms with Crippen LogP contribution in [0.2, 0.25) is 5.02 Å². The first-order valence-corrected chi connectivity index (χ1v) is 11.0. The van der Waals surface area contributed by atoms with Gasteiger partial charge in [-0.25, -0.2) is 4.79 Å². The van der Waals surface area contributed by atoms with Crippen molar-refractivity contribution in [3.63, 3.8) is 0 Å². The second kappa shape index (κ2) is 9.54. The van der Waals surface area contributed by atoms with Crippen LogP contribution in [0, 0.1) is 0 Å². The van der Waals surface area contributed by atoms with Gasteiger partial charge in [0.2, 0.25) is 5.91 Å². The molecule has 1 aliphatic rings. The number of carbonyl (C=O) groups is 2. The number of nitrogens with zero attached hydrogens (tertiary/aromatic N) is 1. The molecule has 5 nitrogen and oxygen atoms in total. The van der Waals surface area contributed by atoms with Crippen LogP contribution in [0.5, 0.6) is 0 Å². The van der Waals surface area contributed by atoms with Gasteiger partial charge in [0.25, 0.3) is 0 Å². The first-order chi connectivity index (χ1) is 15.0. The van der Waals surface area contributed by atoms with E-state index < -0.39 is 12.1 Å². The SMILES string of the molecule is O=C(Nc1ccc(Cl)c(Br)c1)[C@@H]1Cc2ccccc2CN1C(=O)OCc1ccccc1. The molecule has 7 heteroatoms. The molecule has 0 fully saturated rings. The van der Waals surface area contributed by atoms with Crippen molar-refractivity contribution in [1.29, 1.82) is 0 Å². The molecule has 0 saturated heterocycles. The number of fused-ring (bicyclic) bond motifs is 1. The molecule has 158 valence electrons. The van der Waals surface area contributed by atoms with Gasteiger partial charge >= 0.3 is 6.09 Å². The molecule has 31 heavy (non-hydrogen) atoms. The summed E-state index contributed by atoms with van der Waals surface area (Å²) < 4.78 is 6.21. The molecule has 0 aliphatic carbocycles. The number of benzene rings is 3. The molecule has 4 rings (SSSR count). The highest BCUT2D eigenvalue weighted by Crippen LogP contribution is 2.28. The maximum absolute atomic E-state index is 13.2. The van der Waals surface area contributed by atoms with E-state index in [-0.39, 0.29) is 12.5 Å². The Morgan fingerprint density at radius 1 is 1.03 bits per heavy atom. The van der Waals surface area contributed by atoms with Gasteiger partial charge in [-0.2, -0.15) is 0 Å². The van der Waals surface area contributed by atoms with E-state index in [1.165, 1.54) is 4.90 Å². The van der Waals surface area contributed by atoms with E-state index in [2.05, 4.69) is 21.2 Å². The molecule has 0 saturated carbocycles. The Hall–Kier alpha value is -2.83. The highest BCUT2D eigenvalue weighted by Gasteiger charge is 2.35. The summed E-state index contributed by atoms with van der Waals surface area (Å²) >= 11 is 9.41. The summed E-state index contributed by atoms with van der Waals surface area (Å²) in [6.07, 6.45) is -0.104. The average molecular weight is 500 g/mol. The Bertz CT molecular complexity index is 1110. The Morgan fingerprint density at radius 2 is 1.74 bits per heavy atom. The molecule has 0 bridgehead atoms. The lowest BCUT2D eigenvalue weighted by Crippen LogP contribution is -2.50. The molecule has 2 amide bonds. The minimum atomic E-state index is -0.687. The van der Waals surface area contributed by atoms with Crippen LogP contribution in [-0.4, -0.2) is 22.9 Å². The molecule has 1 aliphatic heterocycles. The van der Waals surface area contributed by atoms with Gasteiger partial charge in [-0.15, -0.1) is 0 Å². The topological polar surface area (TPSA) is 58.6 Å². The number of ether oxygens (including phenoxy) is 1. The van der Waals surface area contributed by atoms with Crippen LogP contribution in [0.3, 0.4) is 0 Å². The smallest absolute Gasteiger partial charge is 0.411 e. The van der Waals surface area contributed by atoms with E-state index >= 15 is 0 Å². The van der Waals surface area contributed by atoms with Crippen LogP contribution in [0.1, 0.15) is 16.7 Å². The summed E-state index contributed by atoms with van der Waals surface area (Å²) in [4.78, 5) is 27.6. The maximum atomic E-state index is 13.2. The number of amides is 2. The number of nitrogens with one attached hydrogen (secondary N) is 1. The van der Waals surface area contributed by atoms with Crippen molar-refractivity contribution < 1.29 is 14.3 Å². The van der Waals surface area contributed by atoms with Crippen molar-refractivity contribution in [3.8, 4) is 0 Å². The van der Waals surface area contributed by atoms with Crippen LogP contribution in [0.25, 0.3) is 0 Å². The number of halogens is 2. The molecule has 1 atom stereocenters. The number of rotatable bonds is 4. The van der Waals surface area contributed by atoms with E-state index in [1.54, 1.807) is 18.2 Å². The molecule has 0 aromatic heterocycles. The second-order valence-corrected chi connectivity index (χ2v) is 8.54. The fourth-order valence-electron chi connectivity index (χ4n) is 3.55. The summed E-state index contributed by atoms with van der Waals surface area (Å²) in [5.41, 5.74) is 3.54. The highest BCUT2D eigenvalue weighted by molar-refractivity contribution is 9.10. The molecule has 3 aromatic carbocycles. The molecule has 0 radical (unpaired) electrons. The van der Waals surface area contributed by atoms with E-state index in [4.69, 9.17) is 16.3 Å². The van der Waals surface area contributed by atoms with Gasteiger partial charge in [0.05, 0.1) is 11.6 Å². The predicted molar refractivity (Wildman–Crippen MR) is 124 cm³/mol. The van der Waals surface area contributed by atoms with Gasteiger partial charge in [-0.3, -0.25) is 9.69 Å². The molecule has 0 unspecified atom stereocenters. The third-order valence-electron chi connectivity index (χ3n) is 5.18. The van der Waals surface area contributed by atoms with Crippen LogP contribution in [0.15, 0.2) is 77.3 Å². The zero-order valence-electron chi connectivity index (χ0n) is 16.6. The van der Waals surface area contributed by atoms with Crippen molar-refractivity contribution in [3.05, 3.63) is 99.0 Å². The van der Waals surface area contributed by atoms with Gasteiger partial charge in [0.1, 0.15) is 12.6 Å². The van der Waals surface area contributed by atoms with E-state index in [9.17, 15) is 9.59 Å². The average Bonchev–Trinajstić information content (AvgIpc) is 2.79. The van der Waals surface area contributed by atoms with E-state index in [0.717, 1.165) is 16.7 Å². The molecule has 3 aromatic rings. The molecular weight excluding hydrogens is 480 g/mol. The van der Waals surface area contributed by atoms with Gasteiger partial charge in [-0.05, 0) is 50.8 Å². The van der Waals surface area contributed by atoms with Crippen LogP contribution >= 0.6 is 27.5 Å². The summed E-state index contributed by atoms with van der Waals surface area (Å²) in [6, 6.07) is 21.8. The summed E-state index contributed by atoms with van der Waals surface area (Å²) in [5.74, 6) is -0.277. The lowest BCUT2D eigenvalue weighted by Gasteiger charge is -2.35. The zero-order valence-corrected chi connectivity index (χ0v) is 18.9. The van der Waals surface area contributed by atoms with Crippen LogP contribution in [-0.2, 0) is 29.1 Å². The van der Waals surface area contributed by atoms with E-state index in [1.807, 2.05) is 54.6 Å². The monoisotopic (exact) mass is 498 g/mol. The first-order valence-electron chi connectivity index (χ1n) is 9.81. The molecule has 1 heterocycles. The maximum Gasteiger partial charge on any atom is 0.411 e. The molecular formula is C24H20BrClN2O3. The van der Waals surface area contributed by atoms with Crippen molar-refractivity contribution in [2.24, 2.45) is 0 Å². The zero-order chi connectivity index (χ0) is 21.8. The molecule has 1 N–H and O–H groups in total. The second-order valence-electron chi connectivity index (χ2n) is 7.27. The summed E-state index contributed by atoms with van der Waals surface area (Å²) in [6.45, 7) is 0.461. The van der Waals surface area contributed by atoms with Crippen molar-refractivity contribution >= 4 is 45.2 Å². The summed E-state index contributed by atoms with van der Waals surface area (Å²) in [5, 5.41) is 3.44. The van der Waals surface area contributed by atoms with Crippen molar-refractivity contribution in [1.82, 2.24) is 4.90 Å². The standard InChI is InChI=1S/C24H20BrClN2O3/c25-20-13-19(10-11-21(20)26)27-23(29)22-12-17-8-4-5-9-18(17)14-28(22)24(30)31-15-16-6-2-1-3-7-16/h1-11,13,22H,12,14-15H2,(H,27,29)/t22-/m0/s1. The first kappa shape index (κ1) is 21.4. The fraction of sp³-hybridized carbons (Fsp3) is 0.167. The van der Waals surface area contributed by atoms with E-state index in [0.29, 0.717) is 28.1 Å². The lowest BCUT2D eigenvalue weighted by molar-refractivity contribution is -0.121. The van der Waals surface area contributed by atoms with Crippen LogP contribution < -0.4 is 5.32 Å². The van der Waals surface area contributed by atoms with Gasteiger partial charge in [0, 0.05) is 16.6 Å². The van der Waals surface area contributed by atoms with Gasteiger partial charge < -0.3 is 10.1 Å². The number of hydrogen-bond donors (Lipinski definition) is 1. The van der Waals surface area contributed by atoms with Gasteiger partial charge in [0.15, 0.2) is 0 Å². The normalized spacial score (nSPS) is 15.2. The largest absolute Gasteiger partial charge is 0.445 e. The quantitative estimate of drug-likeness (QED) is 0.493. The number of hydrogen-bond acceptors (Lipinski definition) is 3. The third kappa shape index (κ3) is 5.09. The Balaban J connectivity index is 1.54. The van der Waals surface area contributed by atoms with Gasteiger partial charge in [-0.1, -0.05) is 66.2 Å². The number of anilines is 1. The number of carbonyl (C=O) groups excluding carboxylic acids is 2. The van der Waals surface area contributed by atoms with Crippen molar-refractivity contribution in [2.45, 2.75) is 25.6 Å². The molecule has 0 spiro atoms. The minimum absolute atomic E-state index is 0.149. The Morgan fingerprint density at radius 3 is 2.48 bits per heavy atom. The highest BCUT2D eigenvalue weighted by atomic mass is 79.9. The van der Waals surface area contributed by atoms with Crippen molar-refractivity contribution in [2.75, 3.05) is 5.32 Å². The Kier molecular flexibility index (Phi) is 6.59. The predicted octanol–water partition coefficient (Wildman–Crippen LogP) is 5.80. The lowest BCUT2D eigenvalue weighted by atomic mass is 9.94. The third-order valence-corrected chi connectivity index (χ3v) is 6.39. The Labute approximate surface area is 194 Å². The summed E-state index contributed by atoms with van der Waals surface area (Å²) in [7, 11) is 0. The van der Waals surface area contributed by atoms with Crippen LogP contribution in [0.4, 0.5) is 10.5 Å². The fourth-order valence-corrected chi connectivity index (χ4v) is 4.05.